The second-order valence-corrected chi connectivity index (χ2v) is 43.6. The number of likely N-dealkylation sites (tertiary alicyclic amines) is 1. The Balaban J connectivity index is 0.000000172. The molecule has 6 aliphatic heterocycles. The molecular weight excluding hydrogens is 1840 g/mol. The molecule has 10 atom stereocenters. The van der Waals surface area contributed by atoms with Gasteiger partial charge in [0.05, 0.1) is 76.3 Å². The Bertz CT molecular complexity index is 5870. The molecule has 5 N–H and O–H groups in total. The van der Waals surface area contributed by atoms with Crippen molar-refractivity contribution >= 4 is 105 Å². The number of anilines is 1. The molecule has 1 aromatic heterocycles. The number of methoxy groups -OCH3 is 1. The highest BCUT2D eigenvalue weighted by molar-refractivity contribution is 7.13. The first-order chi connectivity index (χ1) is 66.8. The number of nitrogens with zero attached hydrogens (tertiary/aromatic N) is 8. The third-order valence-corrected chi connectivity index (χ3v) is 28.2. The number of allylic oxidation sites excluding steroid dienone is 1. The molecule has 0 spiro atoms. The maximum absolute atomic E-state index is 14.7. The van der Waals surface area contributed by atoms with Crippen LogP contribution in [0.3, 0.4) is 0 Å². The number of aromatic nitrogens is 1. The van der Waals surface area contributed by atoms with Gasteiger partial charge in [0.25, 0.3) is 11.8 Å². The molecule has 141 heavy (non-hydrogen) atoms. The minimum Gasteiger partial charge on any atom is -0.497 e. The lowest BCUT2D eigenvalue weighted by Gasteiger charge is -2.42. The van der Waals surface area contributed by atoms with E-state index in [1.165, 1.54) is 10.4 Å². The normalized spacial score (nSPS) is 19.7. The fraction of sp³-hybridized carbons (Fsp3) is 0.482. The van der Waals surface area contributed by atoms with Crippen LogP contribution >= 0.6 is 34.5 Å². The molecule has 7 heterocycles. The molecule has 10 amide bonds. The molecular formula is C112H142Cl2N12O14S. The second-order valence-electron chi connectivity index (χ2n) is 41.9. The number of hydrogen-bond donors (Lipinski definition) is 5. The highest BCUT2D eigenvalue weighted by Crippen LogP contribution is 2.48. The van der Waals surface area contributed by atoms with E-state index in [4.69, 9.17) is 42.4 Å². The number of fused-ring (bicyclic) bond motifs is 3. The Morgan fingerprint density at radius 2 is 1.35 bits per heavy atom. The van der Waals surface area contributed by atoms with Crippen molar-refractivity contribution in [2.24, 2.45) is 39.5 Å². The van der Waals surface area contributed by atoms with Crippen molar-refractivity contribution in [3.63, 3.8) is 0 Å². The molecule has 4 unspecified atom stereocenters. The topological polar surface area (TPSA) is 311 Å². The number of imide groups is 1. The zero-order valence-corrected chi connectivity index (χ0v) is 87.7. The summed E-state index contributed by atoms with van der Waals surface area (Å²) in [6, 6.07) is 44.0. The van der Waals surface area contributed by atoms with Crippen molar-refractivity contribution in [2.75, 3.05) is 45.2 Å². The van der Waals surface area contributed by atoms with Crippen LogP contribution in [0.15, 0.2) is 174 Å². The summed E-state index contributed by atoms with van der Waals surface area (Å²) in [6.07, 6.45) is 6.28. The van der Waals surface area contributed by atoms with Crippen LogP contribution in [0.25, 0.3) is 10.4 Å². The lowest BCUT2D eigenvalue weighted by atomic mass is 9.75. The van der Waals surface area contributed by atoms with Gasteiger partial charge in [0.2, 0.25) is 35.4 Å². The number of Topliss-reactive ketones (excluding diaryl/α,β-unsaturated/α-hetero) is 1. The molecule has 29 heteroatoms. The number of amides is 10. The minimum absolute atomic E-state index is 0.00769. The molecule has 26 nitrogen and oxygen atoms in total. The monoisotopic (exact) mass is 1980 g/mol. The number of benzene rings is 7. The Morgan fingerprint density at radius 1 is 0.681 bits per heavy atom. The number of carbonyl (C=O) groups excluding carboxylic acids is 10. The number of halogens is 2. The summed E-state index contributed by atoms with van der Waals surface area (Å²) in [5.41, 5.74) is 13.1. The first-order valence-corrected chi connectivity index (χ1v) is 51.3. The van der Waals surface area contributed by atoms with Gasteiger partial charge in [0, 0.05) is 97.4 Å². The quantitative estimate of drug-likeness (QED) is 0.0299. The highest BCUT2D eigenvalue weighted by Gasteiger charge is 2.50. The maximum Gasteiger partial charge on any atom is 0.326 e. The lowest BCUT2D eigenvalue weighted by Crippen LogP contribution is -2.61. The van der Waals surface area contributed by atoms with Gasteiger partial charge < -0.3 is 60.2 Å². The molecule has 3 saturated heterocycles. The number of aliphatic hydroxyl groups excluding tert-OH is 1. The van der Waals surface area contributed by atoms with Crippen LogP contribution in [0.2, 0.25) is 10.0 Å². The summed E-state index contributed by atoms with van der Waals surface area (Å²) in [5, 5.41) is 23.6. The molecule has 754 valence electrons. The van der Waals surface area contributed by atoms with Crippen LogP contribution in [-0.4, -0.2) is 193 Å². The molecule has 3 fully saturated rings. The molecule has 15 rings (SSSR count). The van der Waals surface area contributed by atoms with Crippen molar-refractivity contribution in [3.8, 4) is 27.7 Å². The van der Waals surface area contributed by atoms with E-state index in [0.717, 1.165) is 81.0 Å². The standard InChI is InChI=1S/C34H38Cl2N4O4.C34H47N3O4.C27H38N2O3S.C17H19N3O3/c1-21(2)19-38-16-17-39(20-30(38)41)34(42)40-32(24-8-12-26(36)13-9-24)31(23-6-10-25(35)11-7-23)37-33(40)28-15-14-27(43-5)18-29(28)44-22(3)4;1-8-22(4)31(38)36-30(34(5,6)7)33(40)37-20-25-18-26(41-21(2)3)17-16-24(25)19-29(37)32(39)35-28-15-11-13-23-12-9-10-14-27(23)28;1-17(2)13-22(27(4,5)6)26(32)29-15-21(30)14-23(29)24(31)12-9-19-7-10-20(11-8-19)25-18(3)28-16-33-25;1-9(2)18-12-6-4-5-11-14(12)17(23)20(16(11)22)13-8-7-10(3)19-15(13)21/h6-15,18,21-22,31-32H,16-17,19-20H2,1-5H3;9-10,12,14,16-18,21-22,28-30H,8,11,13,15,19-20H2,1-7H3,(H,35,39)(H,36,38);7-8,10-11,16-17,21-23,30H,9,12-15H2,1-6H3;4-6,9,13,18H,3,7-8H2,1-2H3,(H,19,21)/t;22-,28?,29+,30-;21-,22-,23+;/m.11./s1. The molecule has 8 aromatic rings. The van der Waals surface area contributed by atoms with Gasteiger partial charge in [-0.05, 0) is 228 Å². The van der Waals surface area contributed by atoms with Gasteiger partial charge in [-0.25, -0.2) is 9.78 Å². The molecule has 0 bridgehead atoms. The predicted molar refractivity (Wildman–Crippen MR) is 555 cm³/mol. The van der Waals surface area contributed by atoms with Crippen LogP contribution in [0.4, 0.5) is 10.5 Å². The number of carbonyl (C=O) groups is 10. The summed E-state index contributed by atoms with van der Waals surface area (Å²) >= 11 is 14.2. The summed E-state index contributed by atoms with van der Waals surface area (Å²) < 4.78 is 17.7. The van der Waals surface area contributed by atoms with Gasteiger partial charge >= 0.3 is 6.03 Å². The number of hydrogen-bond acceptors (Lipinski definition) is 18. The number of nitrogens with one attached hydrogen (secondary N) is 4. The van der Waals surface area contributed by atoms with Crippen LogP contribution < -0.4 is 35.5 Å². The van der Waals surface area contributed by atoms with Crippen molar-refractivity contribution in [1.82, 2.24) is 50.3 Å². The van der Waals surface area contributed by atoms with E-state index in [-0.39, 0.29) is 108 Å². The van der Waals surface area contributed by atoms with E-state index in [0.29, 0.717) is 132 Å². The Kier molecular flexibility index (Phi) is 36.3. The smallest absolute Gasteiger partial charge is 0.326 e. The third kappa shape index (κ3) is 26.8. The van der Waals surface area contributed by atoms with Gasteiger partial charge in [0.1, 0.15) is 53.8 Å². The number of ketones is 1. The number of ether oxygens (including phenoxy) is 3. The number of aliphatic hydroxyl groups is 1. The fourth-order valence-electron chi connectivity index (χ4n) is 19.2. The Labute approximate surface area is 845 Å². The zero-order valence-electron chi connectivity index (χ0n) is 85.4. The average Bonchev–Trinajstić information content (AvgIpc) is 1.61. The second kappa shape index (κ2) is 47.4. The number of piperazine rings is 1. The third-order valence-electron chi connectivity index (χ3n) is 26.7. The molecule has 0 saturated carbocycles. The van der Waals surface area contributed by atoms with Crippen LogP contribution in [0.5, 0.6) is 17.2 Å². The molecule has 0 radical (unpaired) electrons. The number of aryl methyl sites for hydroxylation is 3. The Hall–Kier alpha value is -11.8. The summed E-state index contributed by atoms with van der Waals surface area (Å²) in [4.78, 5) is 154. The fourth-order valence-corrected chi connectivity index (χ4v) is 20.3. The lowest BCUT2D eigenvalue weighted by molar-refractivity contribution is -0.147. The van der Waals surface area contributed by atoms with E-state index >= 15 is 0 Å². The average molecular weight is 1980 g/mol. The number of rotatable bonds is 27. The predicted octanol–water partition coefficient (Wildman–Crippen LogP) is 19.9. The van der Waals surface area contributed by atoms with Crippen LogP contribution in [-0.2, 0) is 59.4 Å². The number of thiazole rings is 1. The minimum atomic E-state index is -0.778. The molecule has 7 aromatic carbocycles. The SMILES string of the molecule is C=C1CCC(N2C(=O)c3cccc(NC(C)C)c3C2=O)C(=O)N1.CC[C@@H](C)C(=O)N[C@H](C(=O)N1Cc2cc(OC(C)C)ccc2C[C@H]1C(=O)NC1CCCc2ccccc21)C(C)(C)C.COc1ccc(C2=NC(c3ccc(Cl)cc3)C(c3ccc(Cl)cc3)N2C(=O)N2CCN(CC(C)C)C(=O)C2)c(OC(C)C)c1.Cc1ncsc1-c1ccc(CCC(=O)[C@@H]2C[C@@H](O)CN2C(=O)[C@@H](CC(C)C)C(C)(C)C)cc1. The highest BCUT2D eigenvalue weighted by atomic mass is 35.5. The number of urea groups is 1. The van der Waals surface area contributed by atoms with E-state index in [1.54, 1.807) is 56.2 Å². The van der Waals surface area contributed by atoms with Crippen molar-refractivity contribution in [1.29, 1.82) is 0 Å². The van der Waals surface area contributed by atoms with E-state index in [9.17, 15) is 53.1 Å². The van der Waals surface area contributed by atoms with Crippen LogP contribution in [0.1, 0.15) is 265 Å². The molecule has 7 aliphatic rings. The number of β-amino-alcohol motifs (C(OH)–C–C–N with tert-alkyl or cyclic N) is 1. The van der Waals surface area contributed by atoms with E-state index < -0.39 is 59.6 Å². The summed E-state index contributed by atoms with van der Waals surface area (Å²) in [5.74, 6) is 0.957. The van der Waals surface area contributed by atoms with Crippen LogP contribution in [0, 0.1) is 41.4 Å². The van der Waals surface area contributed by atoms with Gasteiger partial charge in [-0.1, -0.05) is 198 Å². The first-order valence-electron chi connectivity index (χ1n) is 49.6. The molecule has 1 aliphatic carbocycles. The Morgan fingerprint density at radius 3 is 1.96 bits per heavy atom. The summed E-state index contributed by atoms with van der Waals surface area (Å²) in [7, 11) is 1.60. The van der Waals surface area contributed by atoms with Crippen molar-refractivity contribution in [3.05, 3.63) is 241 Å². The van der Waals surface area contributed by atoms with Gasteiger partial charge in [-0.3, -0.25) is 57.9 Å². The largest absolute Gasteiger partial charge is 0.497 e. The number of piperidine rings is 1. The number of aliphatic imine (C=N–C) groups is 1. The number of amidine groups is 1. The van der Waals surface area contributed by atoms with Crippen molar-refractivity contribution in [2.45, 2.75) is 275 Å². The van der Waals surface area contributed by atoms with Crippen molar-refractivity contribution < 1.29 is 67.3 Å². The summed E-state index contributed by atoms with van der Waals surface area (Å²) in [6.45, 7) is 43.9. The van der Waals surface area contributed by atoms with Gasteiger partial charge in [-0.15, -0.1) is 11.3 Å². The van der Waals surface area contributed by atoms with E-state index in [2.05, 4.69) is 118 Å². The van der Waals surface area contributed by atoms with Gasteiger partial charge in [-0.2, -0.15) is 0 Å². The zero-order chi connectivity index (χ0) is 102. The first kappa shape index (κ1) is 108. The van der Waals surface area contributed by atoms with Gasteiger partial charge in [0.15, 0.2) is 5.78 Å². The maximum atomic E-state index is 14.7. The van der Waals surface area contributed by atoms with E-state index in [1.807, 2.05) is 191 Å².